The summed E-state index contributed by atoms with van der Waals surface area (Å²) in [4.78, 5) is 0. The quantitative estimate of drug-likeness (QED) is 0.730. The molecule has 1 atom stereocenters. The van der Waals surface area contributed by atoms with Gasteiger partial charge in [0.25, 0.3) is 0 Å². The Morgan fingerprint density at radius 3 is 2.31 bits per heavy atom. The minimum atomic E-state index is 0.353. The average Bonchev–Trinajstić information content (AvgIpc) is 2.64. The molecule has 0 spiro atoms. The van der Waals surface area contributed by atoms with Crippen LogP contribution in [0.2, 0.25) is 0 Å². The Labute approximate surface area is 83.2 Å². The van der Waals surface area contributed by atoms with Crippen LogP contribution in [0.4, 0.5) is 0 Å². The maximum Gasteiger partial charge on any atom is 0.115 e. The molecule has 1 N–H and O–H groups in total. The van der Waals surface area contributed by atoms with Gasteiger partial charge in [-0.3, -0.25) is 0 Å². The lowest BCUT2D eigenvalue weighted by Gasteiger charge is -2.01. The third-order valence-electron chi connectivity index (χ3n) is 2.52. The van der Waals surface area contributed by atoms with Gasteiger partial charge < -0.3 is 5.11 Å². The van der Waals surface area contributed by atoms with Crippen molar-refractivity contribution in [2.45, 2.75) is 30.3 Å². The van der Waals surface area contributed by atoms with E-state index in [2.05, 4.69) is 13.8 Å². The fraction of sp³-hybridized carbons (Fsp3) is 0.455. The van der Waals surface area contributed by atoms with Gasteiger partial charge in [0.2, 0.25) is 0 Å². The molecule has 1 fully saturated rings. The van der Waals surface area contributed by atoms with E-state index < -0.39 is 0 Å². The molecule has 0 amide bonds. The van der Waals surface area contributed by atoms with Gasteiger partial charge in [-0.15, -0.1) is 11.8 Å². The van der Waals surface area contributed by atoms with Crippen molar-refractivity contribution in [2.24, 2.45) is 0 Å². The normalized spacial score (nSPS) is 24.3. The van der Waals surface area contributed by atoms with E-state index in [0.29, 0.717) is 10.5 Å². The second kappa shape index (κ2) is 2.95. The molecule has 1 nitrogen and oxygen atoms in total. The zero-order chi connectivity index (χ0) is 9.47. The smallest absolute Gasteiger partial charge is 0.115 e. The molecule has 1 aromatic rings. The van der Waals surface area contributed by atoms with Crippen molar-refractivity contribution in [3.63, 3.8) is 0 Å². The molecule has 1 aromatic carbocycles. The summed E-state index contributed by atoms with van der Waals surface area (Å²) in [5, 5.41) is 9.87. The Balaban J connectivity index is 2.00. The Morgan fingerprint density at radius 2 is 1.85 bits per heavy atom. The van der Waals surface area contributed by atoms with Crippen molar-refractivity contribution in [1.29, 1.82) is 0 Å². The molecule has 0 aliphatic carbocycles. The first kappa shape index (κ1) is 8.95. The number of thioether (sulfide) groups is 1. The monoisotopic (exact) mass is 194 g/mol. The van der Waals surface area contributed by atoms with E-state index in [1.807, 2.05) is 23.9 Å². The van der Waals surface area contributed by atoms with Gasteiger partial charge in [0.1, 0.15) is 5.75 Å². The van der Waals surface area contributed by atoms with Gasteiger partial charge in [0.15, 0.2) is 0 Å². The Bertz CT molecular complexity index is 302. The van der Waals surface area contributed by atoms with Crippen LogP contribution in [0.15, 0.2) is 24.3 Å². The van der Waals surface area contributed by atoms with Crippen molar-refractivity contribution in [3.8, 4) is 5.75 Å². The Hall–Kier alpha value is -0.630. The molecule has 2 heteroatoms. The standard InChI is InChI=1S/C11H14OS/c1-11(2)10(13-11)7-8-3-5-9(12)6-4-8/h3-6,10,12H,7H2,1-2H3. The van der Waals surface area contributed by atoms with Crippen LogP contribution < -0.4 is 0 Å². The highest BCUT2D eigenvalue weighted by molar-refractivity contribution is 8.08. The molecule has 0 saturated carbocycles. The number of benzene rings is 1. The minimum absolute atomic E-state index is 0.353. The van der Waals surface area contributed by atoms with Crippen LogP contribution in [0.3, 0.4) is 0 Å². The summed E-state index contributed by atoms with van der Waals surface area (Å²) in [6.45, 7) is 4.56. The fourth-order valence-electron chi connectivity index (χ4n) is 1.47. The van der Waals surface area contributed by atoms with Crippen LogP contribution in [-0.4, -0.2) is 15.1 Å². The number of phenolic OH excluding ortho intramolecular Hbond substituents is 1. The molecule has 1 unspecified atom stereocenters. The maximum absolute atomic E-state index is 9.10. The van der Waals surface area contributed by atoms with Crippen molar-refractivity contribution in [2.75, 3.05) is 0 Å². The highest BCUT2D eigenvalue weighted by atomic mass is 32.2. The van der Waals surface area contributed by atoms with Crippen LogP contribution in [0.5, 0.6) is 5.75 Å². The summed E-state index contributed by atoms with van der Waals surface area (Å²) in [5.74, 6) is 0.353. The predicted molar refractivity (Wildman–Crippen MR) is 57.3 cm³/mol. The van der Waals surface area contributed by atoms with Gasteiger partial charge in [-0.05, 0) is 38.0 Å². The Morgan fingerprint density at radius 1 is 1.31 bits per heavy atom. The third-order valence-corrected chi connectivity index (χ3v) is 4.20. The summed E-state index contributed by atoms with van der Waals surface area (Å²) in [7, 11) is 0. The first-order chi connectivity index (χ1) is 6.08. The van der Waals surface area contributed by atoms with Gasteiger partial charge in [-0.2, -0.15) is 0 Å². The second-order valence-electron chi connectivity index (χ2n) is 4.08. The van der Waals surface area contributed by atoms with Crippen molar-refractivity contribution < 1.29 is 5.11 Å². The predicted octanol–water partition coefficient (Wildman–Crippen LogP) is 2.83. The van der Waals surface area contributed by atoms with Gasteiger partial charge in [0.05, 0.1) is 0 Å². The molecule has 2 rings (SSSR count). The number of rotatable bonds is 2. The van der Waals surface area contributed by atoms with Crippen molar-refractivity contribution in [3.05, 3.63) is 29.8 Å². The number of hydrogen-bond acceptors (Lipinski definition) is 2. The first-order valence-electron chi connectivity index (χ1n) is 4.54. The average molecular weight is 194 g/mol. The maximum atomic E-state index is 9.10. The molecule has 1 saturated heterocycles. The lowest BCUT2D eigenvalue weighted by atomic mass is 10.0. The van der Waals surface area contributed by atoms with Crippen LogP contribution >= 0.6 is 11.8 Å². The second-order valence-corrected chi connectivity index (χ2v) is 5.94. The van der Waals surface area contributed by atoms with E-state index in [9.17, 15) is 0 Å². The van der Waals surface area contributed by atoms with Crippen molar-refractivity contribution >= 4 is 11.8 Å². The molecular weight excluding hydrogens is 180 g/mol. The van der Waals surface area contributed by atoms with Crippen LogP contribution in [0, 0.1) is 0 Å². The first-order valence-corrected chi connectivity index (χ1v) is 5.41. The summed E-state index contributed by atoms with van der Waals surface area (Å²) >= 11 is 2.03. The van der Waals surface area contributed by atoms with E-state index >= 15 is 0 Å². The van der Waals surface area contributed by atoms with Gasteiger partial charge in [-0.25, -0.2) is 0 Å². The van der Waals surface area contributed by atoms with Crippen LogP contribution in [-0.2, 0) is 6.42 Å². The fourth-order valence-corrected chi connectivity index (χ4v) is 2.49. The van der Waals surface area contributed by atoms with Crippen LogP contribution in [0.1, 0.15) is 19.4 Å². The third kappa shape index (κ3) is 1.99. The zero-order valence-electron chi connectivity index (χ0n) is 7.95. The van der Waals surface area contributed by atoms with Gasteiger partial charge in [0, 0.05) is 10.00 Å². The SMILES string of the molecule is CC1(C)SC1Cc1ccc(O)cc1. The Kier molecular flexibility index (Phi) is 2.03. The van der Waals surface area contributed by atoms with Crippen LogP contribution in [0.25, 0.3) is 0 Å². The number of hydrogen-bond donors (Lipinski definition) is 1. The van der Waals surface area contributed by atoms with E-state index in [0.717, 1.165) is 11.7 Å². The van der Waals surface area contributed by atoms with Crippen molar-refractivity contribution in [1.82, 2.24) is 0 Å². The van der Waals surface area contributed by atoms with E-state index in [-0.39, 0.29) is 0 Å². The highest BCUT2D eigenvalue weighted by Gasteiger charge is 2.46. The minimum Gasteiger partial charge on any atom is -0.508 e. The molecule has 0 radical (unpaired) electrons. The molecular formula is C11H14OS. The molecule has 13 heavy (non-hydrogen) atoms. The molecule has 0 bridgehead atoms. The molecule has 1 heterocycles. The summed E-state index contributed by atoms with van der Waals surface area (Å²) < 4.78 is 0.470. The zero-order valence-corrected chi connectivity index (χ0v) is 8.77. The summed E-state index contributed by atoms with van der Waals surface area (Å²) in [6, 6.07) is 7.53. The molecule has 70 valence electrons. The van der Waals surface area contributed by atoms with Gasteiger partial charge in [-0.1, -0.05) is 12.1 Å². The summed E-state index contributed by atoms with van der Waals surface area (Å²) in [6.07, 6.45) is 1.12. The molecule has 1 aliphatic rings. The number of phenols is 1. The molecule has 0 aromatic heterocycles. The largest absolute Gasteiger partial charge is 0.508 e. The lowest BCUT2D eigenvalue weighted by molar-refractivity contribution is 0.475. The van der Waals surface area contributed by atoms with E-state index in [4.69, 9.17) is 5.11 Å². The molecule has 1 aliphatic heterocycles. The lowest BCUT2D eigenvalue weighted by Crippen LogP contribution is -2.05. The highest BCUT2D eigenvalue weighted by Crippen LogP contribution is 2.54. The topological polar surface area (TPSA) is 20.2 Å². The number of aromatic hydroxyl groups is 1. The van der Waals surface area contributed by atoms with Gasteiger partial charge >= 0.3 is 0 Å². The summed E-state index contributed by atoms with van der Waals surface area (Å²) in [5.41, 5.74) is 1.32. The van der Waals surface area contributed by atoms with E-state index in [1.165, 1.54) is 5.56 Å². The van der Waals surface area contributed by atoms with E-state index in [1.54, 1.807) is 12.1 Å².